The monoisotopic (exact) mass is 454 g/mol. The summed E-state index contributed by atoms with van der Waals surface area (Å²) in [5.74, 6) is 0.642. The molecule has 0 N–H and O–H groups in total. The number of anilines is 1. The maximum atomic E-state index is 15.1. The van der Waals surface area contributed by atoms with Crippen LogP contribution in [0.3, 0.4) is 0 Å². The van der Waals surface area contributed by atoms with Crippen LogP contribution in [0.5, 0.6) is 0 Å². The highest BCUT2D eigenvalue weighted by atomic mass is 19.1. The summed E-state index contributed by atoms with van der Waals surface area (Å²) in [7, 11) is 0. The molecule has 2 aromatic rings. The standard InChI is InChI=1S/C26H35FN4O2/c27-23-16-21(22-17-28-31(19-22)26-7-3-5-15-33-26)8-9-24(23)29-13-10-20(11-14-29)18-30-12-4-1-2-6-25(30)32/h8-9,16-17,19-20,26H,1-7,10-15,18H2. The van der Waals surface area contributed by atoms with E-state index in [1.54, 1.807) is 12.3 Å². The summed E-state index contributed by atoms with van der Waals surface area (Å²) >= 11 is 0. The molecule has 0 radical (unpaired) electrons. The SMILES string of the molecule is O=C1CCCCCN1CC1CCN(c2ccc(-c3cnn(C4CCCCO4)c3)cc2F)CC1. The first-order chi connectivity index (χ1) is 16.2. The zero-order valence-corrected chi connectivity index (χ0v) is 19.4. The van der Waals surface area contributed by atoms with Gasteiger partial charge in [0.05, 0.1) is 11.9 Å². The molecule has 6 nitrogen and oxygen atoms in total. The van der Waals surface area contributed by atoms with Gasteiger partial charge in [0.1, 0.15) is 12.0 Å². The molecule has 0 saturated carbocycles. The summed E-state index contributed by atoms with van der Waals surface area (Å²) in [5, 5.41) is 4.46. The van der Waals surface area contributed by atoms with Gasteiger partial charge in [0.25, 0.3) is 0 Å². The summed E-state index contributed by atoms with van der Waals surface area (Å²) in [5.41, 5.74) is 2.43. The number of nitrogens with zero attached hydrogens (tertiary/aromatic N) is 4. The number of hydrogen-bond donors (Lipinski definition) is 0. The van der Waals surface area contributed by atoms with Gasteiger partial charge < -0.3 is 14.5 Å². The van der Waals surface area contributed by atoms with Gasteiger partial charge in [0.2, 0.25) is 5.91 Å². The molecule has 178 valence electrons. The number of carbonyl (C=O) groups is 1. The summed E-state index contributed by atoms with van der Waals surface area (Å²) in [6.45, 7) is 4.20. The van der Waals surface area contributed by atoms with Crippen molar-refractivity contribution >= 4 is 11.6 Å². The zero-order valence-electron chi connectivity index (χ0n) is 19.4. The van der Waals surface area contributed by atoms with Crippen LogP contribution < -0.4 is 4.90 Å². The number of carbonyl (C=O) groups excluding carboxylic acids is 1. The topological polar surface area (TPSA) is 50.6 Å². The minimum atomic E-state index is -0.185. The third kappa shape index (κ3) is 5.24. The summed E-state index contributed by atoms with van der Waals surface area (Å²) in [6.07, 6.45) is 13.0. The van der Waals surface area contributed by atoms with E-state index in [9.17, 15) is 4.79 Å². The fourth-order valence-electron chi connectivity index (χ4n) is 5.42. The molecule has 1 unspecified atom stereocenters. The minimum absolute atomic E-state index is 0.0116. The van der Waals surface area contributed by atoms with Crippen LogP contribution in [-0.2, 0) is 9.53 Å². The second-order valence-electron chi connectivity index (χ2n) is 9.78. The van der Waals surface area contributed by atoms with Crippen LogP contribution in [0.15, 0.2) is 30.6 Å². The molecule has 0 spiro atoms. The van der Waals surface area contributed by atoms with Crippen molar-refractivity contribution in [3.63, 3.8) is 0 Å². The van der Waals surface area contributed by atoms with E-state index >= 15 is 4.39 Å². The van der Waals surface area contributed by atoms with E-state index in [0.29, 0.717) is 23.9 Å². The van der Waals surface area contributed by atoms with Crippen molar-refractivity contribution in [2.75, 3.05) is 37.7 Å². The van der Waals surface area contributed by atoms with E-state index in [-0.39, 0.29) is 12.0 Å². The average molecular weight is 455 g/mol. The second kappa shape index (κ2) is 10.2. The van der Waals surface area contributed by atoms with Crippen molar-refractivity contribution in [2.24, 2.45) is 5.92 Å². The Balaban J connectivity index is 1.19. The van der Waals surface area contributed by atoms with Gasteiger partial charge in [0.15, 0.2) is 0 Å². The number of aromatic nitrogens is 2. The molecule has 33 heavy (non-hydrogen) atoms. The Morgan fingerprint density at radius 3 is 2.67 bits per heavy atom. The Morgan fingerprint density at radius 2 is 1.88 bits per heavy atom. The van der Waals surface area contributed by atoms with Gasteiger partial charge in [-0.25, -0.2) is 9.07 Å². The predicted molar refractivity (Wildman–Crippen MR) is 126 cm³/mol. The molecule has 3 aliphatic rings. The number of piperidine rings is 1. The largest absolute Gasteiger partial charge is 0.369 e. The van der Waals surface area contributed by atoms with E-state index in [1.807, 2.05) is 23.0 Å². The third-order valence-corrected chi connectivity index (χ3v) is 7.44. The lowest BCUT2D eigenvalue weighted by atomic mass is 9.95. The first kappa shape index (κ1) is 22.4. The second-order valence-corrected chi connectivity index (χ2v) is 9.78. The molecule has 1 aromatic heterocycles. The van der Waals surface area contributed by atoms with Crippen molar-refractivity contribution < 1.29 is 13.9 Å². The van der Waals surface area contributed by atoms with Crippen LogP contribution in [0, 0.1) is 11.7 Å². The number of amides is 1. The quantitative estimate of drug-likeness (QED) is 0.638. The van der Waals surface area contributed by atoms with E-state index in [0.717, 1.165) is 95.3 Å². The smallest absolute Gasteiger partial charge is 0.222 e. The fraction of sp³-hybridized carbons (Fsp3) is 0.615. The average Bonchev–Trinajstić information content (AvgIpc) is 3.26. The van der Waals surface area contributed by atoms with E-state index < -0.39 is 0 Å². The van der Waals surface area contributed by atoms with Crippen molar-refractivity contribution in [3.05, 3.63) is 36.4 Å². The molecular weight excluding hydrogens is 419 g/mol. The van der Waals surface area contributed by atoms with Crippen molar-refractivity contribution in [1.29, 1.82) is 0 Å². The summed E-state index contributed by atoms with van der Waals surface area (Å²) < 4.78 is 22.8. The molecule has 4 heterocycles. The van der Waals surface area contributed by atoms with Crippen molar-refractivity contribution in [1.82, 2.24) is 14.7 Å². The molecule has 1 amide bonds. The molecule has 1 aromatic carbocycles. The third-order valence-electron chi connectivity index (χ3n) is 7.44. The van der Waals surface area contributed by atoms with Crippen LogP contribution in [0.1, 0.15) is 64.0 Å². The van der Waals surface area contributed by atoms with Gasteiger partial charge in [-0.1, -0.05) is 12.5 Å². The van der Waals surface area contributed by atoms with Crippen molar-refractivity contribution in [3.8, 4) is 11.1 Å². The number of likely N-dealkylation sites (tertiary alicyclic amines) is 1. The normalized spacial score (nSPS) is 23.1. The summed E-state index contributed by atoms with van der Waals surface area (Å²) in [6, 6.07) is 5.52. The lowest BCUT2D eigenvalue weighted by Gasteiger charge is -2.36. The van der Waals surface area contributed by atoms with Crippen LogP contribution in [0.2, 0.25) is 0 Å². The van der Waals surface area contributed by atoms with Crippen LogP contribution in [0.25, 0.3) is 11.1 Å². The lowest BCUT2D eigenvalue weighted by molar-refractivity contribution is -0.131. The van der Waals surface area contributed by atoms with Crippen LogP contribution >= 0.6 is 0 Å². The Hall–Kier alpha value is -2.41. The Morgan fingerprint density at radius 1 is 1.00 bits per heavy atom. The molecule has 3 fully saturated rings. The van der Waals surface area contributed by atoms with Crippen LogP contribution in [0.4, 0.5) is 10.1 Å². The molecule has 0 bridgehead atoms. The fourth-order valence-corrected chi connectivity index (χ4v) is 5.42. The Kier molecular flexibility index (Phi) is 6.95. The van der Waals surface area contributed by atoms with Crippen molar-refractivity contribution in [2.45, 2.75) is 64.0 Å². The zero-order chi connectivity index (χ0) is 22.6. The van der Waals surface area contributed by atoms with Gasteiger partial charge in [0, 0.05) is 51.0 Å². The summed E-state index contributed by atoms with van der Waals surface area (Å²) in [4.78, 5) is 16.5. The number of benzene rings is 1. The minimum Gasteiger partial charge on any atom is -0.369 e. The van der Waals surface area contributed by atoms with Gasteiger partial charge >= 0.3 is 0 Å². The van der Waals surface area contributed by atoms with Gasteiger partial charge in [-0.2, -0.15) is 5.10 Å². The lowest BCUT2D eigenvalue weighted by Crippen LogP contribution is -2.41. The number of hydrogen-bond acceptors (Lipinski definition) is 4. The predicted octanol–water partition coefficient (Wildman–Crippen LogP) is 5.01. The molecule has 1 atom stereocenters. The number of rotatable bonds is 5. The molecule has 7 heteroatoms. The van der Waals surface area contributed by atoms with E-state index in [1.165, 1.54) is 0 Å². The highest BCUT2D eigenvalue weighted by Gasteiger charge is 2.26. The maximum Gasteiger partial charge on any atom is 0.222 e. The molecule has 0 aliphatic carbocycles. The highest BCUT2D eigenvalue weighted by molar-refractivity contribution is 5.76. The van der Waals surface area contributed by atoms with Gasteiger partial charge in [-0.15, -0.1) is 0 Å². The molecule has 3 aliphatic heterocycles. The van der Waals surface area contributed by atoms with E-state index in [4.69, 9.17) is 4.74 Å². The first-order valence-corrected chi connectivity index (χ1v) is 12.7. The number of ether oxygens (including phenoxy) is 1. The number of halogens is 1. The molecular formula is C26H35FN4O2. The Bertz CT molecular complexity index is 948. The molecule has 5 rings (SSSR count). The van der Waals surface area contributed by atoms with Crippen LogP contribution in [-0.4, -0.2) is 53.4 Å². The first-order valence-electron chi connectivity index (χ1n) is 12.7. The van der Waals surface area contributed by atoms with Gasteiger partial charge in [-0.05, 0) is 68.6 Å². The molecule has 3 saturated heterocycles. The maximum absolute atomic E-state index is 15.1. The van der Waals surface area contributed by atoms with Gasteiger partial charge in [-0.3, -0.25) is 4.79 Å². The van der Waals surface area contributed by atoms with E-state index in [2.05, 4.69) is 14.9 Å². The highest BCUT2D eigenvalue weighted by Crippen LogP contribution is 2.31. The Labute approximate surface area is 195 Å².